The molecule has 2 aliphatic heterocycles. The summed E-state index contributed by atoms with van der Waals surface area (Å²) in [6.07, 6.45) is 7.89. The van der Waals surface area contributed by atoms with Gasteiger partial charge in [-0.25, -0.2) is 0 Å². The number of fused-ring (bicyclic) bond motifs is 1. The molecule has 1 fully saturated rings. The van der Waals surface area contributed by atoms with E-state index in [1.54, 1.807) is 7.11 Å². The molecule has 0 saturated carbocycles. The van der Waals surface area contributed by atoms with Crippen molar-refractivity contribution >= 4 is 5.91 Å². The van der Waals surface area contributed by atoms with Crippen LogP contribution >= 0.6 is 0 Å². The van der Waals surface area contributed by atoms with Gasteiger partial charge in [-0.3, -0.25) is 9.69 Å². The van der Waals surface area contributed by atoms with Crippen molar-refractivity contribution < 1.29 is 9.53 Å². The fraction of sp³-hybridized carbons (Fsp3) is 0.833. The highest BCUT2D eigenvalue weighted by atomic mass is 16.5. The Bertz CT molecular complexity index is 560. The minimum Gasteiger partial charge on any atom is -0.385 e. The van der Waals surface area contributed by atoms with Crippen LogP contribution in [0.3, 0.4) is 0 Å². The summed E-state index contributed by atoms with van der Waals surface area (Å²) < 4.78 is 7.36. The van der Waals surface area contributed by atoms with Crippen LogP contribution in [-0.2, 0) is 22.5 Å². The van der Waals surface area contributed by atoms with Gasteiger partial charge in [-0.05, 0) is 38.6 Å². The van der Waals surface area contributed by atoms with Gasteiger partial charge < -0.3 is 14.6 Å². The van der Waals surface area contributed by atoms with Crippen molar-refractivity contribution in [2.75, 3.05) is 39.9 Å². The first-order valence-corrected chi connectivity index (χ1v) is 9.68. The van der Waals surface area contributed by atoms with Crippen molar-refractivity contribution in [3.63, 3.8) is 0 Å². The summed E-state index contributed by atoms with van der Waals surface area (Å²) in [4.78, 5) is 14.4. The van der Waals surface area contributed by atoms with Crippen LogP contribution in [0.1, 0.15) is 56.1 Å². The molecule has 0 bridgehead atoms. The summed E-state index contributed by atoms with van der Waals surface area (Å²) in [5, 5.41) is 11.9. The van der Waals surface area contributed by atoms with E-state index in [9.17, 15) is 4.79 Å². The number of aryl methyl sites for hydroxylation is 1. The van der Waals surface area contributed by atoms with E-state index in [1.165, 1.54) is 19.3 Å². The van der Waals surface area contributed by atoms with Crippen LogP contribution in [0, 0.1) is 0 Å². The molecule has 1 atom stereocenters. The lowest BCUT2D eigenvalue weighted by molar-refractivity contribution is -0.122. The summed E-state index contributed by atoms with van der Waals surface area (Å²) >= 11 is 0. The Morgan fingerprint density at radius 3 is 3.04 bits per heavy atom. The average molecular weight is 349 g/mol. The van der Waals surface area contributed by atoms with E-state index in [1.807, 2.05) is 0 Å². The zero-order valence-corrected chi connectivity index (χ0v) is 15.4. The van der Waals surface area contributed by atoms with Gasteiger partial charge in [0.25, 0.3) is 0 Å². The predicted molar refractivity (Wildman–Crippen MR) is 95.5 cm³/mol. The smallest absolute Gasteiger partial charge is 0.234 e. The molecule has 1 amide bonds. The van der Waals surface area contributed by atoms with E-state index >= 15 is 0 Å². The third kappa shape index (κ3) is 5.01. The molecule has 2 aliphatic rings. The first-order valence-electron chi connectivity index (χ1n) is 9.68. The minimum atomic E-state index is 0.108. The van der Waals surface area contributed by atoms with E-state index in [0.717, 1.165) is 57.0 Å². The van der Waals surface area contributed by atoms with Gasteiger partial charge >= 0.3 is 0 Å². The topological polar surface area (TPSA) is 72.3 Å². The molecule has 0 unspecified atom stereocenters. The van der Waals surface area contributed by atoms with Gasteiger partial charge in [0.1, 0.15) is 11.6 Å². The van der Waals surface area contributed by atoms with Gasteiger partial charge in [0.05, 0.1) is 6.54 Å². The van der Waals surface area contributed by atoms with E-state index in [2.05, 4.69) is 25.0 Å². The molecular formula is C18H31N5O2. The monoisotopic (exact) mass is 349 g/mol. The average Bonchev–Trinajstić information content (AvgIpc) is 2.87. The molecule has 0 spiro atoms. The van der Waals surface area contributed by atoms with Gasteiger partial charge in [0.15, 0.2) is 0 Å². The van der Waals surface area contributed by atoms with Gasteiger partial charge in [-0.1, -0.05) is 6.42 Å². The van der Waals surface area contributed by atoms with Crippen LogP contribution < -0.4 is 5.32 Å². The maximum absolute atomic E-state index is 12.1. The molecule has 1 aromatic rings. The van der Waals surface area contributed by atoms with Gasteiger partial charge in [-0.2, -0.15) is 0 Å². The van der Waals surface area contributed by atoms with Gasteiger partial charge in [0.2, 0.25) is 5.91 Å². The Balaban J connectivity index is 1.53. The second-order valence-corrected chi connectivity index (χ2v) is 7.21. The van der Waals surface area contributed by atoms with E-state index in [-0.39, 0.29) is 5.91 Å². The summed E-state index contributed by atoms with van der Waals surface area (Å²) in [7, 11) is 1.68. The van der Waals surface area contributed by atoms with Crippen molar-refractivity contribution in [2.45, 2.75) is 57.4 Å². The molecule has 1 saturated heterocycles. The lowest BCUT2D eigenvalue weighted by Crippen LogP contribution is -2.42. The number of nitrogens with one attached hydrogen (secondary N) is 1. The van der Waals surface area contributed by atoms with Crippen LogP contribution in [0.2, 0.25) is 0 Å². The SMILES string of the molecule is COCCCNC(=O)CN1CCC[C@H](c2nnc3n2CCCCC3)C1. The van der Waals surface area contributed by atoms with Gasteiger partial charge in [-0.15, -0.1) is 10.2 Å². The molecule has 7 heteroatoms. The first kappa shape index (κ1) is 18.3. The largest absolute Gasteiger partial charge is 0.385 e. The Morgan fingerprint density at radius 1 is 1.24 bits per heavy atom. The number of hydrogen-bond donors (Lipinski definition) is 1. The molecule has 0 aromatic carbocycles. The van der Waals surface area contributed by atoms with Crippen molar-refractivity contribution in [3.05, 3.63) is 11.6 Å². The van der Waals surface area contributed by atoms with E-state index in [0.29, 0.717) is 25.6 Å². The number of ether oxygens (including phenoxy) is 1. The van der Waals surface area contributed by atoms with Crippen molar-refractivity contribution in [3.8, 4) is 0 Å². The number of aromatic nitrogens is 3. The quantitative estimate of drug-likeness (QED) is 0.752. The number of piperidine rings is 1. The molecule has 1 N–H and O–H groups in total. The van der Waals surface area contributed by atoms with Crippen LogP contribution in [-0.4, -0.2) is 65.5 Å². The van der Waals surface area contributed by atoms with Crippen LogP contribution in [0.5, 0.6) is 0 Å². The first-order chi connectivity index (χ1) is 12.3. The number of rotatable bonds is 7. The number of carbonyl (C=O) groups excluding carboxylic acids is 1. The highest BCUT2D eigenvalue weighted by Crippen LogP contribution is 2.27. The molecule has 3 rings (SSSR count). The number of nitrogens with zero attached hydrogens (tertiary/aromatic N) is 4. The maximum atomic E-state index is 12.1. The molecule has 3 heterocycles. The fourth-order valence-corrected chi connectivity index (χ4v) is 3.92. The standard InChI is InChI=1S/C18H31N5O2/c1-25-12-6-9-19-17(24)14-22-10-5-7-15(13-22)18-21-20-16-8-3-2-4-11-23(16)18/h15H,2-14H2,1H3,(H,19,24)/t15-/m0/s1. The molecule has 7 nitrogen and oxygen atoms in total. The van der Waals surface area contributed by atoms with Crippen molar-refractivity contribution in [1.29, 1.82) is 0 Å². The highest BCUT2D eigenvalue weighted by molar-refractivity contribution is 5.77. The van der Waals surface area contributed by atoms with Crippen molar-refractivity contribution in [1.82, 2.24) is 25.0 Å². The second-order valence-electron chi connectivity index (χ2n) is 7.21. The number of methoxy groups -OCH3 is 1. The minimum absolute atomic E-state index is 0.108. The zero-order valence-electron chi connectivity index (χ0n) is 15.4. The van der Waals surface area contributed by atoms with Gasteiger partial charge in [0, 0.05) is 45.7 Å². The van der Waals surface area contributed by atoms with Crippen molar-refractivity contribution in [2.24, 2.45) is 0 Å². The summed E-state index contributed by atoms with van der Waals surface area (Å²) in [6, 6.07) is 0. The van der Waals surface area contributed by atoms with Crippen LogP contribution in [0.25, 0.3) is 0 Å². The normalized spacial score (nSPS) is 21.6. The Morgan fingerprint density at radius 2 is 2.16 bits per heavy atom. The molecule has 0 aliphatic carbocycles. The van der Waals surface area contributed by atoms with E-state index in [4.69, 9.17) is 4.74 Å². The lowest BCUT2D eigenvalue weighted by atomic mass is 9.97. The molecule has 25 heavy (non-hydrogen) atoms. The number of carbonyl (C=O) groups is 1. The third-order valence-electron chi connectivity index (χ3n) is 5.22. The highest BCUT2D eigenvalue weighted by Gasteiger charge is 2.28. The van der Waals surface area contributed by atoms with Crippen LogP contribution in [0.15, 0.2) is 0 Å². The fourth-order valence-electron chi connectivity index (χ4n) is 3.92. The molecule has 1 aromatic heterocycles. The third-order valence-corrected chi connectivity index (χ3v) is 5.22. The molecule has 0 radical (unpaired) electrons. The van der Waals surface area contributed by atoms with Crippen LogP contribution in [0.4, 0.5) is 0 Å². The summed E-state index contributed by atoms with van der Waals surface area (Å²) in [5.41, 5.74) is 0. The molecule has 140 valence electrons. The Labute approximate surface area is 150 Å². The number of hydrogen-bond acceptors (Lipinski definition) is 5. The van der Waals surface area contributed by atoms with E-state index < -0.39 is 0 Å². The summed E-state index contributed by atoms with van der Waals surface area (Å²) in [6.45, 7) is 4.79. The predicted octanol–water partition coefficient (Wildman–Crippen LogP) is 1.34. The lowest BCUT2D eigenvalue weighted by Gasteiger charge is -2.31. The Kier molecular flexibility index (Phi) is 6.81. The Hall–Kier alpha value is -1.47. The number of amides is 1. The second kappa shape index (κ2) is 9.29. The maximum Gasteiger partial charge on any atom is 0.234 e. The summed E-state index contributed by atoms with van der Waals surface area (Å²) in [5.74, 6) is 2.80. The number of likely N-dealkylation sites (tertiary alicyclic amines) is 1. The zero-order chi connectivity index (χ0) is 17.5. The molecular weight excluding hydrogens is 318 g/mol.